The summed E-state index contributed by atoms with van der Waals surface area (Å²) < 4.78 is 38.3. The first kappa shape index (κ1) is 12.8. The molecule has 1 N–H and O–H groups in total. The molecule has 90 valence electrons. The highest BCUT2D eigenvalue weighted by Gasteiger charge is 2.10. The Morgan fingerprint density at radius 1 is 1.25 bits per heavy atom. The van der Waals surface area contributed by atoms with Gasteiger partial charge in [-0.3, -0.25) is 0 Å². The zero-order valence-corrected chi connectivity index (χ0v) is 9.36. The standard InChI is InChI=1S/C11H15F3N2/c1-7(2)4-3-5-15-11-9(13)6-8(12)10(14)16-11/h6-7H,3-5H2,1-2H3,(H,15,16). The smallest absolute Gasteiger partial charge is 0.251 e. The summed E-state index contributed by atoms with van der Waals surface area (Å²) >= 11 is 0. The van der Waals surface area contributed by atoms with Gasteiger partial charge in [0.25, 0.3) is 5.95 Å². The molecule has 2 nitrogen and oxygen atoms in total. The molecule has 16 heavy (non-hydrogen) atoms. The molecule has 0 aliphatic carbocycles. The maximum atomic E-state index is 13.1. The average molecular weight is 232 g/mol. The van der Waals surface area contributed by atoms with Crippen LogP contribution in [0.1, 0.15) is 26.7 Å². The summed E-state index contributed by atoms with van der Waals surface area (Å²) in [5, 5.41) is 2.64. The van der Waals surface area contributed by atoms with Crippen molar-refractivity contribution in [2.24, 2.45) is 5.92 Å². The van der Waals surface area contributed by atoms with Crippen LogP contribution < -0.4 is 5.32 Å². The van der Waals surface area contributed by atoms with E-state index in [0.717, 1.165) is 12.8 Å². The fourth-order valence-corrected chi connectivity index (χ4v) is 1.29. The number of halogens is 3. The van der Waals surface area contributed by atoms with E-state index < -0.39 is 17.6 Å². The summed E-state index contributed by atoms with van der Waals surface area (Å²) in [5.74, 6) is -3.10. The Kier molecular flexibility index (Phi) is 4.58. The number of nitrogens with zero attached hydrogens (tertiary/aromatic N) is 1. The third kappa shape index (κ3) is 3.72. The maximum absolute atomic E-state index is 13.1. The lowest BCUT2D eigenvalue weighted by atomic mass is 10.1. The molecule has 1 aromatic heterocycles. The maximum Gasteiger partial charge on any atom is 0.251 e. The van der Waals surface area contributed by atoms with Gasteiger partial charge in [0.1, 0.15) is 0 Å². The van der Waals surface area contributed by atoms with Gasteiger partial charge in [-0.25, -0.2) is 8.78 Å². The number of anilines is 1. The van der Waals surface area contributed by atoms with Gasteiger partial charge in [0.2, 0.25) is 0 Å². The minimum absolute atomic E-state index is 0.234. The Morgan fingerprint density at radius 2 is 1.94 bits per heavy atom. The van der Waals surface area contributed by atoms with Gasteiger partial charge in [-0.15, -0.1) is 0 Å². The Balaban J connectivity index is 2.51. The number of rotatable bonds is 5. The van der Waals surface area contributed by atoms with Crippen molar-refractivity contribution in [2.45, 2.75) is 26.7 Å². The molecule has 0 radical (unpaired) electrons. The van der Waals surface area contributed by atoms with Crippen molar-refractivity contribution in [2.75, 3.05) is 11.9 Å². The van der Waals surface area contributed by atoms with Gasteiger partial charge in [-0.05, 0) is 18.8 Å². The second-order valence-corrected chi connectivity index (χ2v) is 4.05. The molecule has 0 fully saturated rings. The van der Waals surface area contributed by atoms with Crippen LogP contribution >= 0.6 is 0 Å². The molecule has 1 rings (SSSR count). The molecule has 5 heteroatoms. The monoisotopic (exact) mass is 232 g/mol. The van der Waals surface area contributed by atoms with Crippen LogP contribution in [0, 0.1) is 23.5 Å². The molecule has 0 saturated carbocycles. The van der Waals surface area contributed by atoms with Gasteiger partial charge in [-0.2, -0.15) is 9.37 Å². The second kappa shape index (κ2) is 5.72. The van der Waals surface area contributed by atoms with Crippen molar-refractivity contribution in [1.82, 2.24) is 4.98 Å². The topological polar surface area (TPSA) is 24.9 Å². The van der Waals surface area contributed by atoms with Gasteiger partial charge >= 0.3 is 0 Å². The van der Waals surface area contributed by atoms with E-state index in [-0.39, 0.29) is 5.82 Å². The molecule has 0 unspecified atom stereocenters. The molecule has 1 heterocycles. The molecule has 1 aromatic rings. The SMILES string of the molecule is CC(C)CCCNc1nc(F)c(F)cc1F. The van der Waals surface area contributed by atoms with E-state index in [2.05, 4.69) is 24.1 Å². The summed E-state index contributed by atoms with van der Waals surface area (Å²) in [6, 6.07) is 0.493. The van der Waals surface area contributed by atoms with E-state index in [0.29, 0.717) is 18.5 Å². The van der Waals surface area contributed by atoms with Crippen LogP contribution in [0.2, 0.25) is 0 Å². The van der Waals surface area contributed by atoms with Crippen LogP contribution in [-0.2, 0) is 0 Å². The lowest BCUT2D eigenvalue weighted by Gasteiger charge is -2.08. The van der Waals surface area contributed by atoms with Gasteiger partial charge < -0.3 is 5.32 Å². The zero-order chi connectivity index (χ0) is 12.1. The molecule has 0 amide bonds. The normalized spacial score (nSPS) is 10.9. The Bertz CT molecular complexity index is 353. The number of nitrogens with one attached hydrogen (secondary N) is 1. The van der Waals surface area contributed by atoms with E-state index in [4.69, 9.17) is 0 Å². The van der Waals surface area contributed by atoms with Gasteiger partial charge in [0, 0.05) is 12.6 Å². The van der Waals surface area contributed by atoms with Crippen molar-refractivity contribution in [3.63, 3.8) is 0 Å². The van der Waals surface area contributed by atoms with Crippen molar-refractivity contribution >= 4 is 5.82 Å². The largest absolute Gasteiger partial charge is 0.368 e. The highest BCUT2D eigenvalue weighted by atomic mass is 19.2. The van der Waals surface area contributed by atoms with Crippen LogP contribution in [-0.4, -0.2) is 11.5 Å². The number of aromatic nitrogens is 1. The van der Waals surface area contributed by atoms with Gasteiger partial charge in [-0.1, -0.05) is 13.8 Å². The van der Waals surface area contributed by atoms with Crippen LogP contribution in [0.4, 0.5) is 19.0 Å². The van der Waals surface area contributed by atoms with Crippen LogP contribution in [0.25, 0.3) is 0 Å². The number of hydrogen-bond acceptors (Lipinski definition) is 2. The molecular weight excluding hydrogens is 217 g/mol. The van der Waals surface area contributed by atoms with Crippen molar-refractivity contribution in [1.29, 1.82) is 0 Å². The van der Waals surface area contributed by atoms with Crippen LogP contribution in [0.15, 0.2) is 6.07 Å². The lowest BCUT2D eigenvalue weighted by Crippen LogP contribution is -2.08. The first-order valence-electron chi connectivity index (χ1n) is 5.26. The van der Waals surface area contributed by atoms with Gasteiger partial charge in [0.15, 0.2) is 17.5 Å². The molecule has 0 saturated heterocycles. The first-order chi connectivity index (χ1) is 7.50. The minimum Gasteiger partial charge on any atom is -0.368 e. The highest BCUT2D eigenvalue weighted by molar-refractivity contribution is 5.35. The minimum atomic E-state index is -1.28. The van der Waals surface area contributed by atoms with E-state index >= 15 is 0 Å². The summed E-state index contributed by atoms with van der Waals surface area (Å²) in [6.07, 6.45) is 1.82. The Labute approximate surface area is 92.9 Å². The molecule has 0 spiro atoms. The summed E-state index contributed by atoms with van der Waals surface area (Å²) in [4.78, 5) is 3.16. The Morgan fingerprint density at radius 3 is 2.56 bits per heavy atom. The molecule has 0 aliphatic heterocycles. The fraction of sp³-hybridized carbons (Fsp3) is 0.545. The fourth-order valence-electron chi connectivity index (χ4n) is 1.29. The number of pyridine rings is 1. The zero-order valence-electron chi connectivity index (χ0n) is 9.36. The average Bonchev–Trinajstić information content (AvgIpc) is 2.19. The summed E-state index contributed by atoms with van der Waals surface area (Å²) in [5.41, 5.74) is 0. The molecule has 0 atom stereocenters. The lowest BCUT2D eigenvalue weighted by molar-refractivity contribution is 0.466. The molecule has 0 bridgehead atoms. The van der Waals surface area contributed by atoms with Crippen molar-refractivity contribution in [3.05, 3.63) is 23.6 Å². The third-order valence-corrected chi connectivity index (χ3v) is 2.14. The predicted molar refractivity (Wildman–Crippen MR) is 56.7 cm³/mol. The third-order valence-electron chi connectivity index (χ3n) is 2.14. The summed E-state index contributed by atoms with van der Waals surface area (Å²) in [6.45, 7) is 4.65. The van der Waals surface area contributed by atoms with Crippen LogP contribution in [0.3, 0.4) is 0 Å². The Hall–Kier alpha value is -1.26. The summed E-state index contributed by atoms with van der Waals surface area (Å²) in [7, 11) is 0. The van der Waals surface area contributed by atoms with E-state index in [9.17, 15) is 13.2 Å². The second-order valence-electron chi connectivity index (χ2n) is 4.05. The van der Waals surface area contributed by atoms with E-state index in [1.165, 1.54) is 0 Å². The number of hydrogen-bond donors (Lipinski definition) is 1. The predicted octanol–water partition coefficient (Wildman–Crippen LogP) is 3.35. The van der Waals surface area contributed by atoms with Gasteiger partial charge in [0.05, 0.1) is 0 Å². The van der Waals surface area contributed by atoms with Crippen molar-refractivity contribution in [3.8, 4) is 0 Å². The molecular formula is C11H15F3N2. The van der Waals surface area contributed by atoms with Crippen molar-refractivity contribution < 1.29 is 13.2 Å². The van der Waals surface area contributed by atoms with E-state index in [1.807, 2.05) is 0 Å². The first-order valence-corrected chi connectivity index (χ1v) is 5.26. The van der Waals surface area contributed by atoms with E-state index in [1.54, 1.807) is 0 Å². The molecule has 0 aliphatic rings. The van der Waals surface area contributed by atoms with Crippen LogP contribution in [0.5, 0.6) is 0 Å². The quantitative estimate of drug-likeness (QED) is 0.622. The highest BCUT2D eigenvalue weighted by Crippen LogP contribution is 2.14. The molecule has 0 aromatic carbocycles.